The summed E-state index contributed by atoms with van der Waals surface area (Å²) in [6, 6.07) is 1.70. The van der Waals surface area contributed by atoms with Crippen LogP contribution >= 0.6 is 11.3 Å². The van der Waals surface area contributed by atoms with Crippen molar-refractivity contribution in [3.63, 3.8) is 0 Å². The number of nitrogens with one attached hydrogen (secondary N) is 2. The molecule has 0 radical (unpaired) electrons. The molecule has 3 N–H and O–H groups in total. The lowest BCUT2D eigenvalue weighted by Gasteiger charge is -2.02. The van der Waals surface area contributed by atoms with E-state index < -0.39 is 0 Å². The van der Waals surface area contributed by atoms with Gasteiger partial charge in [0.1, 0.15) is 11.5 Å². The minimum absolute atomic E-state index is 0.0693. The molecule has 1 aromatic rings. The first-order valence-corrected chi connectivity index (χ1v) is 5.73. The Kier molecular flexibility index (Phi) is 5.20. The quantitative estimate of drug-likeness (QED) is 0.639. The summed E-state index contributed by atoms with van der Waals surface area (Å²) in [4.78, 5) is 23.1. The molecule has 1 aromatic heterocycles. The van der Waals surface area contributed by atoms with Gasteiger partial charge in [-0.3, -0.25) is 9.59 Å². The van der Waals surface area contributed by atoms with Crippen LogP contribution in [0.2, 0.25) is 0 Å². The Morgan fingerprint density at radius 3 is 2.94 bits per heavy atom. The van der Waals surface area contributed by atoms with Crippen molar-refractivity contribution in [2.75, 3.05) is 20.2 Å². The second-order valence-electron chi connectivity index (χ2n) is 2.98. The van der Waals surface area contributed by atoms with Crippen molar-refractivity contribution in [1.29, 1.82) is 0 Å². The lowest BCUT2D eigenvalue weighted by Crippen LogP contribution is -2.35. The number of aliphatic hydroxyl groups is 1. The van der Waals surface area contributed by atoms with Crippen molar-refractivity contribution in [3.8, 4) is 11.8 Å². The standard InChI is InChI=1S/C11H12N2O3S/c1-12-9(15)7-13-11(16)10-8(3-2-5-14)4-6-17-10/h4,6,14H,5,7H2,1H3,(H,12,15)(H,13,16). The van der Waals surface area contributed by atoms with Gasteiger partial charge in [-0.05, 0) is 11.4 Å². The maximum absolute atomic E-state index is 11.7. The molecule has 0 saturated heterocycles. The number of likely N-dealkylation sites (N-methyl/N-ethyl adjacent to an activating group) is 1. The van der Waals surface area contributed by atoms with Crippen molar-refractivity contribution in [2.45, 2.75) is 0 Å². The van der Waals surface area contributed by atoms with Crippen molar-refractivity contribution < 1.29 is 14.7 Å². The molecule has 0 aromatic carbocycles. The van der Waals surface area contributed by atoms with Crippen LogP contribution in [0.1, 0.15) is 15.2 Å². The fourth-order valence-electron chi connectivity index (χ4n) is 1.05. The van der Waals surface area contributed by atoms with Crippen LogP contribution in [0.25, 0.3) is 0 Å². The summed E-state index contributed by atoms with van der Waals surface area (Å²) in [5.41, 5.74) is 0.554. The monoisotopic (exact) mass is 252 g/mol. The summed E-state index contributed by atoms with van der Waals surface area (Å²) in [6.45, 7) is -0.324. The molecular weight excluding hydrogens is 240 g/mol. The predicted octanol–water partition coefficient (Wildman–Crippen LogP) is -0.432. The van der Waals surface area contributed by atoms with Gasteiger partial charge in [0.25, 0.3) is 5.91 Å². The smallest absolute Gasteiger partial charge is 0.263 e. The first-order chi connectivity index (χ1) is 8.19. The molecule has 0 unspecified atom stereocenters. The highest BCUT2D eigenvalue weighted by molar-refractivity contribution is 7.12. The van der Waals surface area contributed by atoms with Gasteiger partial charge < -0.3 is 15.7 Å². The first kappa shape index (κ1) is 13.2. The first-order valence-electron chi connectivity index (χ1n) is 4.85. The van der Waals surface area contributed by atoms with E-state index >= 15 is 0 Å². The van der Waals surface area contributed by atoms with E-state index in [9.17, 15) is 9.59 Å². The average Bonchev–Trinajstić information content (AvgIpc) is 2.81. The van der Waals surface area contributed by atoms with Crippen molar-refractivity contribution in [2.24, 2.45) is 0 Å². The summed E-state index contributed by atoms with van der Waals surface area (Å²) in [6.07, 6.45) is 0. The minimum atomic E-state index is -0.342. The zero-order chi connectivity index (χ0) is 12.7. The summed E-state index contributed by atoms with van der Waals surface area (Å²) in [7, 11) is 1.50. The van der Waals surface area contributed by atoms with E-state index in [-0.39, 0.29) is 25.0 Å². The van der Waals surface area contributed by atoms with E-state index in [1.807, 2.05) is 0 Å². The van der Waals surface area contributed by atoms with Crippen LogP contribution in [-0.2, 0) is 4.79 Å². The predicted molar refractivity (Wildman–Crippen MR) is 64.7 cm³/mol. The number of amides is 2. The molecule has 0 spiro atoms. The largest absolute Gasteiger partial charge is 0.384 e. The number of rotatable bonds is 3. The van der Waals surface area contributed by atoms with E-state index in [2.05, 4.69) is 22.5 Å². The number of carbonyl (C=O) groups is 2. The Hall–Kier alpha value is -1.84. The summed E-state index contributed by atoms with van der Waals surface area (Å²) >= 11 is 1.24. The van der Waals surface area contributed by atoms with Crippen LogP contribution in [0, 0.1) is 11.8 Å². The molecule has 5 nitrogen and oxygen atoms in total. The molecule has 1 heterocycles. The Morgan fingerprint density at radius 2 is 2.29 bits per heavy atom. The molecule has 2 amide bonds. The van der Waals surface area contributed by atoms with Crippen LogP contribution in [0.3, 0.4) is 0 Å². The number of hydrogen-bond donors (Lipinski definition) is 3. The van der Waals surface area contributed by atoms with Crippen LogP contribution in [0.15, 0.2) is 11.4 Å². The van der Waals surface area contributed by atoms with Gasteiger partial charge >= 0.3 is 0 Å². The van der Waals surface area contributed by atoms with Gasteiger partial charge in [-0.15, -0.1) is 11.3 Å². The topological polar surface area (TPSA) is 78.4 Å². The maximum Gasteiger partial charge on any atom is 0.263 e. The minimum Gasteiger partial charge on any atom is -0.384 e. The second kappa shape index (κ2) is 6.68. The third kappa shape index (κ3) is 3.90. The van der Waals surface area contributed by atoms with Gasteiger partial charge in [-0.25, -0.2) is 0 Å². The molecule has 0 saturated carbocycles. The number of aliphatic hydroxyl groups excluding tert-OH is 1. The number of thiophene rings is 1. The fraction of sp³-hybridized carbons (Fsp3) is 0.273. The highest BCUT2D eigenvalue weighted by atomic mass is 32.1. The normalized spacial score (nSPS) is 9.06. The average molecular weight is 252 g/mol. The molecule has 1 rings (SSSR count). The molecule has 0 bridgehead atoms. The van der Waals surface area contributed by atoms with E-state index in [1.54, 1.807) is 11.4 Å². The molecule has 0 fully saturated rings. The Bertz CT molecular complexity index is 471. The second-order valence-corrected chi connectivity index (χ2v) is 3.90. The summed E-state index contributed by atoms with van der Waals surface area (Å²) in [5.74, 6) is 4.54. The van der Waals surface area contributed by atoms with Crippen LogP contribution in [-0.4, -0.2) is 37.1 Å². The molecule has 0 atom stereocenters. The van der Waals surface area contributed by atoms with Gasteiger partial charge in [0, 0.05) is 12.6 Å². The van der Waals surface area contributed by atoms with E-state index in [4.69, 9.17) is 5.11 Å². The molecule has 0 aliphatic rings. The molecule has 90 valence electrons. The highest BCUT2D eigenvalue weighted by Crippen LogP contribution is 2.15. The Labute approximate surface area is 103 Å². The molecular formula is C11H12N2O3S. The molecule has 6 heteroatoms. The number of hydrogen-bond acceptors (Lipinski definition) is 4. The fourth-order valence-corrected chi connectivity index (χ4v) is 1.81. The lowest BCUT2D eigenvalue weighted by atomic mass is 10.2. The zero-order valence-electron chi connectivity index (χ0n) is 9.24. The van der Waals surface area contributed by atoms with E-state index in [0.717, 1.165) is 0 Å². The lowest BCUT2D eigenvalue weighted by molar-refractivity contribution is -0.119. The van der Waals surface area contributed by atoms with Gasteiger partial charge in [-0.1, -0.05) is 11.8 Å². The van der Waals surface area contributed by atoms with Gasteiger partial charge in [0.15, 0.2) is 0 Å². The number of carbonyl (C=O) groups excluding carboxylic acids is 2. The SMILES string of the molecule is CNC(=O)CNC(=O)c1sccc1C#CCO. The Morgan fingerprint density at radius 1 is 1.53 bits per heavy atom. The van der Waals surface area contributed by atoms with E-state index in [1.165, 1.54) is 18.4 Å². The summed E-state index contributed by atoms with van der Waals surface area (Å²) in [5, 5.41) is 15.2. The van der Waals surface area contributed by atoms with Crippen LogP contribution < -0.4 is 10.6 Å². The highest BCUT2D eigenvalue weighted by Gasteiger charge is 2.12. The third-order valence-corrected chi connectivity index (χ3v) is 2.78. The van der Waals surface area contributed by atoms with E-state index in [0.29, 0.717) is 10.4 Å². The maximum atomic E-state index is 11.7. The van der Waals surface area contributed by atoms with Crippen molar-refractivity contribution in [1.82, 2.24) is 10.6 Å². The molecule has 0 aliphatic heterocycles. The molecule has 17 heavy (non-hydrogen) atoms. The van der Waals surface area contributed by atoms with Gasteiger partial charge in [0.2, 0.25) is 5.91 Å². The summed E-state index contributed by atoms with van der Waals surface area (Å²) < 4.78 is 0. The van der Waals surface area contributed by atoms with Crippen molar-refractivity contribution in [3.05, 3.63) is 21.9 Å². The van der Waals surface area contributed by atoms with Gasteiger partial charge in [0.05, 0.1) is 6.54 Å². The van der Waals surface area contributed by atoms with Crippen LogP contribution in [0.5, 0.6) is 0 Å². The third-order valence-electron chi connectivity index (χ3n) is 1.86. The van der Waals surface area contributed by atoms with Gasteiger partial charge in [-0.2, -0.15) is 0 Å². The zero-order valence-corrected chi connectivity index (χ0v) is 10.1. The van der Waals surface area contributed by atoms with Crippen LogP contribution in [0.4, 0.5) is 0 Å². The Balaban J connectivity index is 2.69. The molecule has 0 aliphatic carbocycles. The van der Waals surface area contributed by atoms with Crippen molar-refractivity contribution >= 4 is 23.2 Å².